The smallest absolute Gasteiger partial charge is 0.230 e. The highest BCUT2D eigenvalue weighted by Gasteiger charge is 2.16. The quantitative estimate of drug-likeness (QED) is 0.873. The molecule has 1 aromatic carbocycles. The van der Waals surface area contributed by atoms with Crippen molar-refractivity contribution in [2.24, 2.45) is 5.73 Å². The summed E-state index contributed by atoms with van der Waals surface area (Å²) in [6, 6.07) is 6.32. The van der Waals surface area contributed by atoms with E-state index in [1.807, 2.05) is 13.0 Å². The molecule has 3 nitrogen and oxygen atoms in total. The minimum absolute atomic E-state index is 0.0208. The summed E-state index contributed by atoms with van der Waals surface area (Å²) in [5, 5.41) is -0.0243. The summed E-state index contributed by atoms with van der Waals surface area (Å²) in [4.78, 5) is 4.37. The first-order valence-corrected chi connectivity index (χ1v) is 6.58. The van der Waals surface area contributed by atoms with E-state index in [1.54, 1.807) is 13.0 Å². The van der Waals surface area contributed by atoms with Gasteiger partial charge in [-0.2, -0.15) is 0 Å². The molecule has 2 N–H and O–H groups in total. The van der Waals surface area contributed by atoms with E-state index in [4.69, 9.17) is 34.3 Å². The fourth-order valence-electron chi connectivity index (χ4n) is 1.84. The highest BCUT2D eigenvalue weighted by Crippen LogP contribution is 2.30. The Morgan fingerprint density at radius 1 is 1.40 bits per heavy atom. The van der Waals surface area contributed by atoms with Crippen LogP contribution in [0.15, 0.2) is 24.3 Å². The lowest BCUT2D eigenvalue weighted by Gasteiger charge is -2.13. The minimum atomic E-state index is -0.649. The number of aryl methyl sites for hydroxylation is 2. The van der Waals surface area contributed by atoms with Crippen LogP contribution in [0.25, 0.3) is 0 Å². The molecule has 6 heteroatoms. The van der Waals surface area contributed by atoms with Crippen LogP contribution < -0.4 is 10.5 Å². The second-order valence-electron chi connectivity index (χ2n) is 4.28. The summed E-state index contributed by atoms with van der Waals surface area (Å²) >= 11 is 10.7. The number of aromatic nitrogens is 1. The van der Waals surface area contributed by atoms with Crippen LogP contribution in [0.4, 0.5) is 4.39 Å². The van der Waals surface area contributed by atoms with Gasteiger partial charge in [0.2, 0.25) is 5.88 Å². The zero-order chi connectivity index (χ0) is 14.9. The van der Waals surface area contributed by atoms with Gasteiger partial charge in [-0.15, -0.1) is 0 Å². The molecular formula is C14H12ClFN2OS. The minimum Gasteiger partial charge on any atom is -0.435 e. The Kier molecular flexibility index (Phi) is 4.20. The van der Waals surface area contributed by atoms with Crippen LogP contribution in [0.3, 0.4) is 0 Å². The molecule has 0 aliphatic heterocycles. The maximum atomic E-state index is 13.9. The van der Waals surface area contributed by atoms with Gasteiger partial charge in [0.15, 0.2) is 11.6 Å². The highest BCUT2D eigenvalue weighted by atomic mass is 35.5. The van der Waals surface area contributed by atoms with E-state index >= 15 is 0 Å². The third-order valence-corrected chi connectivity index (χ3v) is 3.18. The van der Waals surface area contributed by atoms with Crippen LogP contribution in [0.2, 0.25) is 5.02 Å². The lowest BCUT2D eigenvalue weighted by molar-refractivity contribution is 0.425. The number of rotatable bonds is 3. The Morgan fingerprint density at radius 2 is 2.10 bits per heavy atom. The number of halogens is 2. The van der Waals surface area contributed by atoms with Crippen molar-refractivity contribution in [1.29, 1.82) is 0 Å². The summed E-state index contributed by atoms with van der Waals surface area (Å²) in [6.45, 7) is 3.64. The molecule has 0 aliphatic carbocycles. The molecule has 0 radical (unpaired) electrons. The van der Waals surface area contributed by atoms with E-state index in [2.05, 4.69) is 4.98 Å². The van der Waals surface area contributed by atoms with Crippen LogP contribution in [-0.4, -0.2) is 9.97 Å². The molecule has 1 heterocycles. The second-order valence-corrected chi connectivity index (χ2v) is 5.13. The first kappa shape index (κ1) is 14.7. The maximum absolute atomic E-state index is 13.9. The summed E-state index contributed by atoms with van der Waals surface area (Å²) in [5.74, 6) is -0.493. The normalized spacial score (nSPS) is 10.4. The molecular weight excluding hydrogens is 299 g/mol. The van der Waals surface area contributed by atoms with Crippen molar-refractivity contribution in [1.82, 2.24) is 4.98 Å². The molecule has 0 saturated heterocycles. The average Bonchev–Trinajstić information content (AvgIpc) is 2.33. The van der Waals surface area contributed by atoms with Gasteiger partial charge < -0.3 is 10.5 Å². The van der Waals surface area contributed by atoms with E-state index in [1.165, 1.54) is 12.1 Å². The van der Waals surface area contributed by atoms with E-state index in [0.29, 0.717) is 5.56 Å². The molecule has 0 aliphatic rings. The lowest BCUT2D eigenvalue weighted by atomic mass is 10.1. The van der Waals surface area contributed by atoms with Crippen LogP contribution in [0.1, 0.15) is 16.8 Å². The highest BCUT2D eigenvalue weighted by molar-refractivity contribution is 7.80. The molecule has 104 valence electrons. The van der Waals surface area contributed by atoms with Crippen molar-refractivity contribution in [2.45, 2.75) is 13.8 Å². The van der Waals surface area contributed by atoms with E-state index < -0.39 is 5.82 Å². The Hall–Kier alpha value is -1.72. The summed E-state index contributed by atoms with van der Waals surface area (Å²) in [7, 11) is 0. The van der Waals surface area contributed by atoms with Crippen molar-refractivity contribution in [2.75, 3.05) is 0 Å². The zero-order valence-corrected chi connectivity index (χ0v) is 12.5. The van der Waals surface area contributed by atoms with Crippen LogP contribution in [0, 0.1) is 19.7 Å². The molecule has 0 amide bonds. The van der Waals surface area contributed by atoms with Gasteiger partial charge in [0.25, 0.3) is 0 Å². The van der Waals surface area contributed by atoms with Crippen LogP contribution in [0.5, 0.6) is 11.6 Å². The van der Waals surface area contributed by atoms with E-state index in [-0.39, 0.29) is 21.6 Å². The van der Waals surface area contributed by atoms with Gasteiger partial charge >= 0.3 is 0 Å². The predicted molar refractivity (Wildman–Crippen MR) is 81.1 cm³/mol. The Morgan fingerprint density at radius 3 is 2.75 bits per heavy atom. The number of ether oxygens (including phenoxy) is 1. The molecule has 20 heavy (non-hydrogen) atoms. The van der Waals surface area contributed by atoms with Crippen molar-refractivity contribution >= 4 is 28.8 Å². The molecule has 0 saturated carbocycles. The van der Waals surface area contributed by atoms with Crippen LogP contribution >= 0.6 is 23.8 Å². The number of nitrogens with two attached hydrogens (primary N) is 1. The number of pyridine rings is 1. The van der Waals surface area contributed by atoms with Gasteiger partial charge in [-0.25, -0.2) is 9.37 Å². The summed E-state index contributed by atoms with van der Waals surface area (Å²) in [6.07, 6.45) is 0. The molecule has 2 rings (SSSR count). The first-order chi connectivity index (χ1) is 9.40. The van der Waals surface area contributed by atoms with Crippen LogP contribution in [-0.2, 0) is 0 Å². The maximum Gasteiger partial charge on any atom is 0.230 e. The van der Waals surface area contributed by atoms with Crippen molar-refractivity contribution < 1.29 is 9.13 Å². The molecule has 0 bridgehead atoms. The topological polar surface area (TPSA) is 48.1 Å². The van der Waals surface area contributed by atoms with Crippen molar-refractivity contribution in [3.63, 3.8) is 0 Å². The van der Waals surface area contributed by atoms with E-state index in [9.17, 15) is 4.39 Å². The van der Waals surface area contributed by atoms with Crippen molar-refractivity contribution in [3.05, 3.63) is 51.9 Å². The number of nitrogens with zero attached hydrogens (tertiary/aromatic N) is 1. The van der Waals surface area contributed by atoms with Crippen molar-refractivity contribution in [3.8, 4) is 11.6 Å². The largest absolute Gasteiger partial charge is 0.435 e. The van der Waals surface area contributed by atoms with Gasteiger partial charge in [0.05, 0.1) is 10.6 Å². The molecule has 2 aromatic rings. The standard InChI is InChI=1S/C14H12ClFN2OS/c1-7-6-8(2)18-14(11(7)13(17)20)19-10-5-3-4-9(15)12(10)16/h3-6H,1-2H3,(H2,17,20). The molecule has 0 spiro atoms. The van der Waals surface area contributed by atoms with E-state index in [0.717, 1.165) is 11.3 Å². The van der Waals surface area contributed by atoms with Gasteiger partial charge in [-0.1, -0.05) is 29.9 Å². The fraction of sp³-hybridized carbons (Fsp3) is 0.143. The summed E-state index contributed by atoms with van der Waals surface area (Å²) in [5.41, 5.74) is 7.71. The number of hydrogen-bond acceptors (Lipinski definition) is 3. The van der Waals surface area contributed by atoms with Gasteiger partial charge in [0.1, 0.15) is 4.99 Å². The number of hydrogen-bond donors (Lipinski definition) is 1. The first-order valence-electron chi connectivity index (χ1n) is 5.80. The number of benzene rings is 1. The monoisotopic (exact) mass is 310 g/mol. The average molecular weight is 311 g/mol. The SMILES string of the molecule is Cc1cc(C)c(C(N)=S)c(Oc2cccc(Cl)c2F)n1. The van der Waals surface area contributed by atoms with Gasteiger partial charge in [0, 0.05) is 5.69 Å². The Labute approximate surface area is 126 Å². The molecule has 1 aromatic heterocycles. The molecule has 0 unspecified atom stereocenters. The fourth-order valence-corrected chi connectivity index (χ4v) is 2.26. The molecule has 0 atom stereocenters. The zero-order valence-electron chi connectivity index (χ0n) is 10.9. The second kappa shape index (κ2) is 5.73. The Bertz CT molecular complexity index is 691. The third-order valence-electron chi connectivity index (χ3n) is 2.68. The van der Waals surface area contributed by atoms with Gasteiger partial charge in [-0.3, -0.25) is 0 Å². The molecule has 0 fully saturated rings. The summed E-state index contributed by atoms with van der Waals surface area (Å²) < 4.78 is 19.4. The lowest BCUT2D eigenvalue weighted by Crippen LogP contribution is -2.14. The number of thiocarbonyl (C=S) groups is 1. The van der Waals surface area contributed by atoms with Gasteiger partial charge in [-0.05, 0) is 37.6 Å². The third kappa shape index (κ3) is 2.89. The predicted octanol–water partition coefficient (Wildman–Crippen LogP) is 3.92. The Balaban J connectivity index is 2.53.